The van der Waals surface area contributed by atoms with Crippen molar-refractivity contribution in [3.8, 4) is 0 Å². The molecule has 0 aromatic heterocycles. The quantitative estimate of drug-likeness (QED) is 0.643. The lowest BCUT2D eigenvalue weighted by molar-refractivity contribution is -0.114. The molecular weight excluding hydrogens is 276 g/mol. The highest BCUT2D eigenvalue weighted by molar-refractivity contribution is 6.32. The van der Waals surface area contributed by atoms with Gasteiger partial charge >= 0.3 is 0 Å². The van der Waals surface area contributed by atoms with E-state index in [-0.39, 0.29) is 5.91 Å². The van der Waals surface area contributed by atoms with Crippen molar-refractivity contribution in [3.63, 3.8) is 0 Å². The van der Waals surface area contributed by atoms with Gasteiger partial charge in [-0.15, -0.1) is 0 Å². The maximum Gasteiger partial charge on any atom is 0.280 e. The standard InChI is InChI=1S/C18H14N2O2/c1-13-17(11-14-7-9-15(12-21)10-8-14)18(22)20(19-13)16-5-3-2-4-6-16/h2-12H,1H3/b17-11-. The Morgan fingerprint density at radius 3 is 2.23 bits per heavy atom. The van der Waals surface area contributed by atoms with Gasteiger partial charge in [0.05, 0.1) is 17.0 Å². The molecule has 1 aliphatic heterocycles. The average molecular weight is 290 g/mol. The molecule has 0 atom stereocenters. The van der Waals surface area contributed by atoms with Crippen LogP contribution in [0.1, 0.15) is 22.8 Å². The molecule has 0 unspecified atom stereocenters. The Hall–Kier alpha value is -3.01. The first-order valence-electron chi connectivity index (χ1n) is 6.91. The van der Waals surface area contributed by atoms with Crippen molar-refractivity contribution in [2.45, 2.75) is 6.92 Å². The number of para-hydroxylation sites is 1. The molecule has 0 bridgehead atoms. The van der Waals surface area contributed by atoms with E-state index in [9.17, 15) is 9.59 Å². The van der Waals surface area contributed by atoms with Gasteiger partial charge in [-0.2, -0.15) is 10.1 Å². The van der Waals surface area contributed by atoms with Gasteiger partial charge in [0.1, 0.15) is 6.29 Å². The summed E-state index contributed by atoms with van der Waals surface area (Å²) in [5, 5.41) is 5.73. The van der Waals surface area contributed by atoms with Crippen molar-refractivity contribution in [1.29, 1.82) is 0 Å². The zero-order chi connectivity index (χ0) is 15.5. The predicted octanol–water partition coefficient (Wildman–Crippen LogP) is 3.31. The Bertz CT molecular complexity index is 774. The third kappa shape index (κ3) is 2.59. The Balaban J connectivity index is 1.92. The van der Waals surface area contributed by atoms with Gasteiger partial charge in [-0.05, 0) is 30.7 Å². The zero-order valence-corrected chi connectivity index (χ0v) is 12.1. The topological polar surface area (TPSA) is 49.7 Å². The summed E-state index contributed by atoms with van der Waals surface area (Å²) in [7, 11) is 0. The number of amides is 1. The predicted molar refractivity (Wildman–Crippen MR) is 86.8 cm³/mol. The van der Waals surface area contributed by atoms with E-state index in [1.165, 1.54) is 5.01 Å². The molecule has 1 heterocycles. The second-order valence-corrected chi connectivity index (χ2v) is 4.98. The lowest BCUT2D eigenvalue weighted by Gasteiger charge is -2.11. The van der Waals surface area contributed by atoms with Gasteiger partial charge in [0.15, 0.2) is 0 Å². The minimum absolute atomic E-state index is 0.150. The van der Waals surface area contributed by atoms with Gasteiger partial charge in [0, 0.05) is 5.56 Å². The summed E-state index contributed by atoms with van der Waals surface area (Å²) >= 11 is 0. The van der Waals surface area contributed by atoms with Crippen molar-refractivity contribution in [2.24, 2.45) is 5.10 Å². The number of benzene rings is 2. The Morgan fingerprint density at radius 2 is 1.59 bits per heavy atom. The molecule has 0 aliphatic carbocycles. The second kappa shape index (κ2) is 5.77. The fourth-order valence-electron chi connectivity index (χ4n) is 2.27. The summed E-state index contributed by atoms with van der Waals surface area (Å²) in [4.78, 5) is 23.2. The summed E-state index contributed by atoms with van der Waals surface area (Å²) < 4.78 is 0. The molecule has 22 heavy (non-hydrogen) atoms. The number of hydrogen-bond acceptors (Lipinski definition) is 3. The van der Waals surface area contributed by atoms with E-state index in [0.717, 1.165) is 17.5 Å². The Kier molecular flexibility index (Phi) is 3.66. The average Bonchev–Trinajstić information content (AvgIpc) is 2.84. The number of carbonyl (C=O) groups excluding carboxylic acids is 2. The van der Waals surface area contributed by atoms with Gasteiger partial charge in [0.2, 0.25) is 0 Å². The minimum Gasteiger partial charge on any atom is -0.298 e. The van der Waals surface area contributed by atoms with Gasteiger partial charge in [0.25, 0.3) is 5.91 Å². The molecule has 4 heteroatoms. The molecule has 0 saturated carbocycles. The summed E-state index contributed by atoms with van der Waals surface area (Å²) in [6.07, 6.45) is 2.58. The maximum absolute atomic E-state index is 12.5. The number of hydrazone groups is 1. The van der Waals surface area contributed by atoms with E-state index in [1.54, 1.807) is 18.2 Å². The molecule has 0 fully saturated rings. The zero-order valence-electron chi connectivity index (χ0n) is 12.1. The normalized spacial score (nSPS) is 16.0. The molecule has 4 nitrogen and oxygen atoms in total. The molecule has 3 rings (SSSR count). The van der Waals surface area contributed by atoms with Crippen molar-refractivity contribution < 1.29 is 9.59 Å². The van der Waals surface area contributed by atoms with Crippen LogP contribution in [-0.4, -0.2) is 17.9 Å². The van der Waals surface area contributed by atoms with Crippen LogP contribution in [0.4, 0.5) is 5.69 Å². The van der Waals surface area contributed by atoms with Crippen LogP contribution in [0.15, 0.2) is 65.3 Å². The van der Waals surface area contributed by atoms with Crippen LogP contribution in [0.2, 0.25) is 0 Å². The highest BCUT2D eigenvalue weighted by atomic mass is 16.2. The van der Waals surface area contributed by atoms with Crippen LogP contribution in [0, 0.1) is 0 Å². The lowest BCUT2D eigenvalue weighted by atomic mass is 10.1. The smallest absolute Gasteiger partial charge is 0.280 e. The first kappa shape index (κ1) is 13.9. The monoisotopic (exact) mass is 290 g/mol. The summed E-state index contributed by atoms with van der Waals surface area (Å²) in [5.41, 5.74) is 3.44. The number of anilines is 1. The molecule has 2 aromatic carbocycles. The SMILES string of the molecule is CC1=NN(c2ccccc2)C(=O)/C1=C\c1ccc(C=O)cc1. The third-order valence-electron chi connectivity index (χ3n) is 3.45. The lowest BCUT2D eigenvalue weighted by Crippen LogP contribution is -2.21. The largest absolute Gasteiger partial charge is 0.298 e. The van der Waals surface area contributed by atoms with Crippen LogP contribution in [0.3, 0.4) is 0 Å². The van der Waals surface area contributed by atoms with Crippen LogP contribution in [0.5, 0.6) is 0 Å². The second-order valence-electron chi connectivity index (χ2n) is 4.98. The summed E-state index contributed by atoms with van der Waals surface area (Å²) in [5.74, 6) is -0.150. The molecule has 2 aromatic rings. The van der Waals surface area contributed by atoms with Gasteiger partial charge in [-0.25, -0.2) is 0 Å². The number of carbonyl (C=O) groups is 2. The highest BCUT2D eigenvalue weighted by Gasteiger charge is 2.28. The van der Waals surface area contributed by atoms with Crippen LogP contribution in [-0.2, 0) is 4.79 Å². The van der Waals surface area contributed by atoms with E-state index in [4.69, 9.17) is 0 Å². The van der Waals surface area contributed by atoms with Crippen LogP contribution >= 0.6 is 0 Å². The molecule has 0 radical (unpaired) electrons. The molecule has 108 valence electrons. The highest BCUT2D eigenvalue weighted by Crippen LogP contribution is 2.24. The minimum atomic E-state index is -0.150. The Morgan fingerprint density at radius 1 is 0.955 bits per heavy atom. The molecule has 0 spiro atoms. The fraction of sp³-hybridized carbons (Fsp3) is 0.0556. The Labute approximate surface area is 128 Å². The molecule has 0 saturated heterocycles. The molecule has 0 N–H and O–H groups in total. The van der Waals surface area contributed by atoms with E-state index in [0.29, 0.717) is 16.8 Å². The summed E-state index contributed by atoms with van der Waals surface area (Å²) in [6.45, 7) is 1.81. The molecule has 1 amide bonds. The maximum atomic E-state index is 12.5. The molecule has 1 aliphatic rings. The van der Waals surface area contributed by atoms with E-state index in [2.05, 4.69) is 5.10 Å². The van der Waals surface area contributed by atoms with Gasteiger partial charge in [-0.1, -0.05) is 42.5 Å². The number of hydrogen-bond donors (Lipinski definition) is 0. The first-order chi connectivity index (χ1) is 10.7. The third-order valence-corrected chi connectivity index (χ3v) is 3.45. The number of nitrogens with zero attached hydrogens (tertiary/aromatic N) is 2. The van der Waals surface area contributed by atoms with Crippen molar-refractivity contribution in [2.75, 3.05) is 5.01 Å². The molecular formula is C18H14N2O2. The van der Waals surface area contributed by atoms with Crippen LogP contribution < -0.4 is 5.01 Å². The summed E-state index contributed by atoms with van der Waals surface area (Å²) in [6, 6.07) is 16.4. The van der Waals surface area contributed by atoms with Gasteiger partial charge in [-0.3, -0.25) is 9.59 Å². The van der Waals surface area contributed by atoms with Crippen molar-refractivity contribution in [1.82, 2.24) is 0 Å². The first-order valence-corrected chi connectivity index (χ1v) is 6.91. The van der Waals surface area contributed by atoms with E-state index >= 15 is 0 Å². The van der Waals surface area contributed by atoms with E-state index in [1.807, 2.05) is 49.4 Å². The van der Waals surface area contributed by atoms with Crippen LogP contribution in [0.25, 0.3) is 6.08 Å². The van der Waals surface area contributed by atoms with E-state index < -0.39 is 0 Å². The van der Waals surface area contributed by atoms with Crippen molar-refractivity contribution in [3.05, 3.63) is 71.3 Å². The number of aldehydes is 1. The number of rotatable bonds is 3. The van der Waals surface area contributed by atoms with Crippen molar-refractivity contribution >= 4 is 29.7 Å². The van der Waals surface area contributed by atoms with Gasteiger partial charge < -0.3 is 0 Å². The fourth-order valence-corrected chi connectivity index (χ4v) is 2.27.